The van der Waals surface area contributed by atoms with Gasteiger partial charge in [0.15, 0.2) is 5.58 Å². The molecule has 1 aromatic heterocycles. The number of esters is 2. The highest BCUT2D eigenvalue weighted by atomic mass is 16.6. The Bertz CT molecular complexity index is 1000. The van der Waals surface area contributed by atoms with Crippen LogP contribution in [-0.4, -0.2) is 30.1 Å². The fraction of sp³-hybridized carbons (Fsp3) is 0.211. The normalized spacial score (nSPS) is 11.9. The number of methoxy groups -OCH3 is 1. The van der Waals surface area contributed by atoms with E-state index in [1.165, 1.54) is 7.11 Å². The lowest BCUT2D eigenvalue weighted by molar-refractivity contribution is -0.150. The van der Waals surface area contributed by atoms with Crippen LogP contribution < -0.4 is 5.76 Å². The van der Waals surface area contributed by atoms with Crippen LogP contribution in [0.4, 0.5) is 0 Å². The van der Waals surface area contributed by atoms with Gasteiger partial charge in [-0.1, -0.05) is 24.3 Å². The summed E-state index contributed by atoms with van der Waals surface area (Å²) in [4.78, 5) is 38.3. The number of oxazole rings is 1. The minimum atomic E-state index is -1.12. The van der Waals surface area contributed by atoms with Gasteiger partial charge in [0.1, 0.15) is 0 Å². The molecule has 26 heavy (non-hydrogen) atoms. The fourth-order valence-electron chi connectivity index (χ4n) is 2.70. The Morgan fingerprint density at radius 1 is 1.19 bits per heavy atom. The molecule has 0 aliphatic carbocycles. The minimum Gasteiger partial charge on any atom is -0.466 e. The van der Waals surface area contributed by atoms with Gasteiger partial charge in [-0.3, -0.25) is 4.98 Å². The van der Waals surface area contributed by atoms with Gasteiger partial charge in [0, 0.05) is 6.42 Å². The molecular weight excluding hydrogens is 338 g/mol. The molecule has 7 nitrogen and oxygen atoms in total. The molecule has 0 saturated carbocycles. The van der Waals surface area contributed by atoms with E-state index >= 15 is 0 Å². The molecule has 1 atom stereocenters. The molecule has 0 saturated heterocycles. The number of aromatic amines is 1. The first-order chi connectivity index (χ1) is 12.5. The number of hydrogen-bond acceptors (Lipinski definition) is 6. The molecule has 0 unspecified atom stereocenters. The molecule has 7 heteroatoms. The van der Waals surface area contributed by atoms with Gasteiger partial charge >= 0.3 is 17.7 Å². The molecule has 1 heterocycles. The van der Waals surface area contributed by atoms with Crippen LogP contribution in [0.2, 0.25) is 0 Å². The summed E-state index contributed by atoms with van der Waals surface area (Å²) in [6.07, 6.45) is -1.02. The van der Waals surface area contributed by atoms with Crippen molar-refractivity contribution < 1.29 is 23.5 Å². The maximum atomic E-state index is 12.3. The van der Waals surface area contributed by atoms with Crippen LogP contribution in [0.3, 0.4) is 0 Å². The van der Waals surface area contributed by atoms with E-state index < -0.39 is 23.8 Å². The van der Waals surface area contributed by atoms with Crippen LogP contribution in [-0.2, 0) is 20.7 Å². The summed E-state index contributed by atoms with van der Waals surface area (Å²) >= 11 is 0. The summed E-state index contributed by atoms with van der Waals surface area (Å²) in [7, 11) is 1.23. The zero-order chi connectivity index (χ0) is 18.7. The van der Waals surface area contributed by atoms with Crippen molar-refractivity contribution in [3.63, 3.8) is 0 Å². The Balaban J connectivity index is 1.86. The third kappa shape index (κ3) is 3.66. The third-order valence-electron chi connectivity index (χ3n) is 3.93. The van der Waals surface area contributed by atoms with Gasteiger partial charge < -0.3 is 13.9 Å². The highest BCUT2D eigenvalue weighted by Crippen LogP contribution is 2.20. The van der Waals surface area contributed by atoms with Crippen molar-refractivity contribution in [2.75, 3.05) is 7.11 Å². The summed E-state index contributed by atoms with van der Waals surface area (Å²) < 4.78 is 15.2. The Hall–Kier alpha value is -3.35. The number of carbonyl (C=O) groups excluding carboxylic acids is 2. The van der Waals surface area contributed by atoms with Crippen molar-refractivity contribution in [1.29, 1.82) is 0 Å². The predicted molar refractivity (Wildman–Crippen MR) is 92.9 cm³/mol. The minimum absolute atomic E-state index is 0.0942. The van der Waals surface area contributed by atoms with E-state index in [1.54, 1.807) is 49.4 Å². The van der Waals surface area contributed by atoms with Gasteiger partial charge in [-0.2, -0.15) is 0 Å². The molecule has 3 aromatic rings. The topological polar surface area (TPSA) is 98.6 Å². The molecule has 0 spiro atoms. The van der Waals surface area contributed by atoms with Crippen molar-refractivity contribution in [3.05, 3.63) is 69.7 Å². The lowest BCUT2D eigenvalue weighted by Crippen LogP contribution is -2.30. The van der Waals surface area contributed by atoms with Gasteiger partial charge in [0.25, 0.3) is 0 Å². The van der Waals surface area contributed by atoms with Gasteiger partial charge in [-0.15, -0.1) is 0 Å². The second-order valence-corrected chi connectivity index (χ2v) is 5.79. The number of hydrogen-bond donors (Lipinski definition) is 1. The third-order valence-corrected chi connectivity index (χ3v) is 3.93. The molecule has 0 amide bonds. The lowest BCUT2D eigenvalue weighted by Gasteiger charge is -2.16. The molecule has 0 fully saturated rings. The van der Waals surface area contributed by atoms with Crippen LogP contribution >= 0.6 is 0 Å². The molecule has 0 bridgehead atoms. The number of benzene rings is 2. The van der Waals surface area contributed by atoms with Crippen LogP contribution in [0.1, 0.15) is 21.5 Å². The van der Waals surface area contributed by atoms with Gasteiger partial charge in [0.2, 0.25) is 6.10 Å². The highest BCUT2D eigenvalue weighted by Gasteiger charge is 2.25. The lowest BCUT2D eigenvalue weighted by atomic mass is 10.0. The number of rotatable bonds is 5. The average Bonchev–Trinajstić information content (AvgIpc) is 3.02. The Kier molecular flexibility index (Phi) is 4.88. The Morgan fingerprint density at radius 2 is 1.92 bits per heavy atom. The second-order valence-electron chi connectivity index (χ2n) is 5.79. The van der Waals surface area contributed by atoms with Crippen molar-refractivity contribution in [3.8, 4) is 0 Å². The largest absolute Gasteiger partial charge is 0.466 e. The first-order valence-electron chi connectivity index (χ1n) is 7.94. The van der Waals surface area contributed by atoms with Crippen molar-refractivity contribution in [1.82, 2.24) is 4.98 Å². The molecule has 0 aliphatic rings. The number of ether oxygens (including phenoxy) is 2. The molecule has 3 rings (SSSR count). The van der Waals surface area contributed by atoms with E-state index in [2.05, 4.69) is 4.98 Å². The molecule has 0 radical (unpaired) electrons. The number of fused-ring (bicyclic) bond motifs is 1. The predicted octanol–water partition coefficient (Wildman–Crippen LogP) is 2.37. The second kappa shape index (κ2) is 7.26. The molecular formula is C19H17NO6. The summed E-state index contributed by atoms with van der Waals surface area (Å²) in [5.74, 6) is -1.84. The van der Waals surface area contributed by atoms with E-state index in [0.29, 0.717) is 22.2 Å². The first kappa shape index (κ1) is 17.5. The van der Waals surface area contributed by atoms with E-state index in [1.807, 2.05) is 0 Å². The number of carbonyl (C=O) groups is 2. The number of nitrogens with one attached hydrogen (secondary N) is 1. The van der Waals surface area contributed by atoms with Gasteiger partial charge in [-0.25, -0.2) is 14.4 Å². The van der Waals surface area contributed by atoms with Crippen LogP contribution in [0.25, 0.3) is 11.1 Å². The summed E-state index contributed by atoms with van der Waals surface area (Å²) in [6.45, 7) is 1.81. The van der Waals surface area contributed by atoms with Crippen molar-refractivity contribution >= 4 is 23.0 Å². The molecule has 134 valence electrons. The quantitative estimate of drug-likeness (QED) is 0.706. The van der Waals surface area contributed by atoms with Crippen molar-refractivity contribution in [2.45, 2.75) is 19.4 Å². The van der Waals surface area contributed by atoms with Gasteiger partial charge in [0.05, 0.1) is 18.2 Å². The van der Waals surface area contributed by atoms with Gasteiger partial charge in [-0.05, 0) is 36.2 Å². The Morgan fingerprint density at radius 3 is 2.62 bits per heavy atom. The van der Waals surface area contributed by atoms with Crippen LogP contribution in [0.15, 0.2) is 51.7 Å². The van der Waals surface area contributed by atoms with E-state index in [-0.39, 0.29) is 6.42 Å². The zero-order valence-electron chi connectivity index (χ0n) is 14.3. The maximum Gasteiger partial charge on any atom is 0.417 e. The molecule has 1 N–H and O–H groups in total. The number of aryl methyl sites for hydroxylation is 1. The van der Waals surface area contributed by atoms with Crippen molar-refractivity contribution in [2.24, 2.45) is 0 Å². The van der Waals surface area contributed by atoms with E-state index in [0.717, 1.165) is 5.56 Å². The highest BCUT2D eigenvalue weighted by molar-refractivity contribution is 5.91. The zero-order valence-corrected chi connectivity index (χ0v) is 14.3. The maximum absolute atomic E-state index is 12.3. The standard InChI is InChI=1S/C19H17NO6/c1-11-8-12(9-14-16(11)20-19(23)26-14)10-15(18(22)24-2)25-17(21)13-6-4-3-5-7-13/h3-9,15H,10H2,1-2H3,(H,20,23)/t15-/m1/s1. The smallest absolute Gasteiger partial charge is 0.417 e. The fourth-order valence-corrected chi connectivity index (χ4v) is 2.70. The average molecular weight is 355 g/mol. The number of H-pyrrole nitrogens is 1. The van der Waals surface area contributed by atoms with Crippen LogP contribution in [0, 0.1) is 6.92 Å². The number of aromatic nitrogens is 1. The SMILES string of the molecule is COC(=O)[C@@H](Cc1cc(C)c2[nH]c(=O)oc2c1)OC(=O)c1ccccc1. The molecule has 2 aromatic carbocycles. The Labute approximate surface area is 148 Å². The monoisotopic (exact) mass is 355 g/mol. The van der Waals surface area contributed by atoms with E-state index in [9.17, 15) is 14.4 Å². The first-order valence-corrected chi connectivity index (χ1v) is 7.94. The molecule has 0 aliphatic heterocycles. The summed E-state index contributed by atoms with van der Waals surface area (Å²) in [5.41, 5.74) is 2.76. The summed E-state index contributed by atoms with van der Waals surface area (Å²) in [5, 5.41) is 0. The van der Waals surface area contributed by atoms with E-state index in [4.69, 9.17) is 13.9 Å². The van der Waals surface area contributed by atoms with Crippen LogP contribution in [0.5, 0.6) is 0 Å². The summed E-state index contributed by atoms with van der Waals surface area (Å²) in [6, 6.07) is 11.8.